The third-order valence-corrected chi connectivity index (χ3v) is 3.82. The number of nitrogens with one attached hydrogen (secondary N) is 1. The Labute approximate surface area is 121 Å². The van der Waals surface area contributed by atoms with Crippen LogP contribution in [-0.2, 0) is 5.60 Å². The lowest BCUT2D eigenvalue weighted by Gasteiger charge is -2.31. The minimum absolute atomic E-state index is 0.383. The number of rotatable bonds is 6. The van der Waals surface area contributed by atoms with Crippen LogP contribution in [-0.4, -0.2) is 17.7 Å². The first-order chi connectivity index (χ1) is 9.66. The van der Waals surface area contributed by atoms with E-state index < -0.39 is 5.60 Å². The van der Waals surface area contributed by atoms with Gasteiger partial charge in [0.1, 0.15) is 5.60 Å². The molecule has 0 aliphatic heterocycles. The van der Waals surface area contributed by atoms with E-state index in [0.29, 0.717) is 12.6 Å². The van der Waals surface area contributed by atoms with Gasteiger partial charge in [-0.25, -0.2) is 0 Å². The van der Waals surface area contributed by atoms with E-state index in [0.717, 1.165) is 17.5 Å². The molecule has 2 aromatic carbocycles. The van der Waals surface area contributed by atoms with Crippen molar-refractivity contribution in [1.82, 2.24) is 5.32 Å². The molecule has 0 saturated heterocycles. The fourth-order valence-corrected chi connectivity index (χ4v) is 2.26. The summed E-state index contributed by atoms with van der Waals surface area (Å²) in [5.41, 5.74) is 0.843. The highest BCUT2D eigenvalue weighted by Crippen LogP contribution is 2.28. The van der Waals surface area contributed by atoms with Gasteiger partial charge in [-0.3, -0.25) is 0 Å². The molecule has 0 amide bonds. The van der Waals surface area contributed by atoms with Gasteiger partial charge in [0.25, 0.3) is 0 Å². The van der Waals surface area contributed by atoms with Crippen molar-refractivity contribution in [3.63, 3.8) is 0 Å². The predicted molar refractivity (Wildman–Crippen MR) is 83.6 cm³/mol. The van der Waals surface area contributed by atoms with Crippen LogP contribution in [0.4, 0.5) is 0 Å². The number of aliphatic hydroxyl groups is 1. The third kappa shape index (κ3) is 3.27. The summed E-state index contributed by atoms with van der Waals surface area (Å²) in [6.45, 7) is 4.79. The van der Waals surface area contributed by atoms with E-state index in [1.807, 2.05) is 60.7 Å². The molecule has 0 aliphatic carbocycles. The fourth-order valence-electron chi connectivity index (χ4n) is 2.26. The molecule has 2 rings (SSSR count). The summed E-state index contributed by atoms with van der Waals surface area (Å²) in [6, 6.07) is 20.1. The van der Waals surface area contributed by atoms with Crippen LogP contribution >= 0.6 is 0 Å². The van der Waals surface area contributed by atoms with Crippen LogP contribution in [0.2, 0.25) is 0 Å². The Morgan fingerprint density at radius 2 is 1.40 bits per heavy atom. The average Bonchev–Trinajstić information content (AvgIpc) is 2.54. The van der Waals surface area contributed by atoms with Crippen LogP contribution in [0.3, 0.4) is 0 Å². The molecule has 0 heterocycles. The van der Waals surface area contributed by atoms with Crippen molar-refractivity contribution < 1.29 is 5.11 Å². The molecule has 2 heteroatoms. The monoisotopic (exact) mass is 269 g/mol. The summed E-state index contributed by atoms with van der Waals surface area (Å²) in [6.07, 6.45) is 1.04. The molecule has 0 bridgehead atoms. The van der Waals surface area contributed by atoms with Crippen molar-refractivity contribution in [1.29, 1.82) is 0 Å². The second kappa shape index (κ2) is 6.69. The first-order valence-electron chi connectivity index (χ1n) is 7.23. The second-order valence-electron chi connectivity index (χ2n) is 5.28. The minimum Gasteiger partial charge on any atom is -0.379 e. The molecule has 2 N–H and O–H groups in total. The van der Waals surface area contributed by atoms with Crippen LogP contribution in [0, 0.1) is 0 Å². The lowest BCUT2D eigenvalue weighted by Crippen LogP contribution is -2.42. The largest absolute Gasteiger partial charge is 0.379 e. The summed E-state index contributed by atoms with van der Waals surface area (Å²) in [5, 5.41) is 14.7. The molecule has 2 aromatic rings. The topological polar surface area (TPSA) is 32.3 Å². The second-order valence-corrected chi connectivity index (χ2v) is 5.28. The molecule has 0 saturated carbocycles. The Hall–Kier alpha value is -1.64. The van der Waals surface area contributed by atoms with Crippen LogP contribution < -0.4 is 5.32 Å². The fraction of sp³-hybridized carbons (Fsp3) is 0.333. The molecule has 2 nitrogen and oxygen atoms in total. The normalized spacial score (nSPS) is 13.2. The summed E-state index contributed by atoms with van der Waals surface area (Å²) < 4.78 is 0. The number of benzene rings is 2. The highest BCUT2D eigenvalue weighted by molar-refractivity contribution is 5.36. The molecular formula is C18H23NO. The maximum absolute atomic E-state index is 11.2. The lowest BCUT2D eigenvalue weighted by molar-refractivity contribution is 0.0770. The first-order valence-corrected chi connectivity index (χ1v) is 7.23. The molecule has 0 aliphatic rings. The van der Waals surface area contributed by atoms with E-state index in [4.69, 9.17) is 0 Å². The SMILES string of the molecule is CCC(C)NCC(O)(c1ccccc1)c1ccccc1. The zero-order valence-corrected chi connectivity index (χ0v) is 12.2. The van der Waals surface area contributed by atoms with Crippen molar-refractivity contribution in [3.8, 4) is 0 Å². The van der Waals surface area contributed by atoms with Gasteiger partial charge in [0.15, 0.2) is 0 Å². The van der Waals surface area contributed by atoms with Crippen molar-refractivity contribution in [2.45, 2.75) is 31.9 Å². The molecule has 106 valence electrons. The van der Waals surface area contributed by atoms with E-state index in [1.54, 1.807) is 0 Å². The van der Waals surface area contributed by atoms with E-state index in [2.05, 4.69) is 19.2 Å². The third-order valence-electron chi connectivity index (χ3n) is 3.82. The molecule has 0 fully saturated rings. The lowest BCUT2D eigenvalue weighted by atomic mass is 9.86. The highest BCUT2D eigenvalue weighted by atomic mass is 16.3. The Morgan fingerprint density at radius 1 is 0.950 bits per heavy atom. The number of hydrogen-bond donors (Lipinski definition) is 2. The van der Waals surface area contributed by atoms with Gasteiger partial charge in [-0.2, -0.15) is 0 Å². The van der Waals surface area contributed by atoms with Gasteiger partial charge in [-0.1, -0.05) is 67.6 Å². The molecular weight excluding hydrogens is 246 g/mol. The zero-order valence-electron chi connectivity index (χ0n) is 12.2. The van der Waals surface area contributed by atoms with Crippen molar-refractivity contribution >= 4 is 0 Å². The molecule has 1 atom stereocenters. The van der Waals surface area contributed by atoms with Crippen LogP contribution in [0.15, 0.2) is 60.7 Å². The minimum atomic E-state index is -0.994. The van der Waals surface area contributed by atoms with Gasteiger partial charge in [0.2, 0.25) is 0 Å². The van der Waals surface area contributed by atoms with Crippen LogP contribution in [0.5, 0.6) is 0 Å². The number of hydrogen-bond acceptors (Lipinski definition) is 2. The predicted octanol–water partition coefficient (Wildman–Crippen LogP) is 3.31. The molecule has 0 radical (unpaired) electrons. The quantitative estimate of drug-likeness (QED) is 0.843. The maximum atomic E-state index is 11.2. The van der Waals surface area contributed by atoms with Gasteiger partial charge in [0.05, 0.1) is 0 Å². The van der Waals surface area contributed by atoms with Crippen LogP contribution in [0.25, 0.3) is 0 Å². The Balaban J connectivity index is 2.33. The van der Waals surface area contributed by atoms with Gasteiger partial charge in [0, 0.05) is 12.6 Å². The molecule has 0 spiro atoms. The zero-order chi connectivity index (χ0) is 14.4. The van der Waals surface area contributed by atoms with Crippen molar-refractivity contribution in [2.24, 2.45) is 0 Å². The summed E-state index contributed by atoms with van der Waals surface area (Å²) >= 11 is 0. The van der Waals surface area contributed by atoms with Gasteiger partial charge >= 0.3 is 0 Å². The van der Waals surface area contributed by atoms with Gasteiger partial charge < -0.3 is 10.4 Å². The summed E-state index contributed by atoms with van der Waals surface area (Å²) in [7, 11) is 0. The Bertz CT molecular complexity index is 470. The van der Waals surface area contributed by atoms with E-state index in [9.17, 15) is 5.11 Å². The van der Waals surface area contributed by atoms with Crippen molar-refractivity contribution in [2.75, 3.05) is 6.54 Å². The Kier molecular flexibility index (Phi) is 4.94. The molecule has 0 aromatic heterocycles. The standard InChI is InChI=1S/C18H23NO/c1-3-15(2)19-14-18(20,16-10-6-4-7-11-16)17-12-8-5-9-13-17/h4-13,15,19-20H,3,14H2,1-2H3. The van der Waals surface area contributed by atoms with Gasteiger partial charge in [-0.15, -0.1) is 0 Å². The average molecular weight is 269 g/mol. The molecule has 20 heavy (non-hydrogen) atoms. The van der Waals surface area contributed by atoms with Gasteiger partial charge in [-0.05, 0) is 24.5 Å². The first kappa shape index (κ1) is 14.8. The highest BCUT2D eigenvalue weighted by Gasteiger charge is 2.31. The van der Waals surface area contributed by atoms with Crippen molar-refractivity contribution in [3.05, 3.63) is 71.8 Å². The maximum Gasteiger partial charge on any atom is 0.127 e. The van der Waals surface area contributed by atoms with E-state index in [-0.39, 0.29) is 0 Å². The van der Waals surface area contributed by atoms with Crippen LogP contribution in [0.1, 0.15) is 31.4 Å². The molecule has 1 unspecified atom stereocenters. The summed E-state index contributed by atoms with van der Waals surface area (Å²) in [4.78, 5) is 0. The van der Waals surface area contributed by atoms with E-state index in [1.165, 1.54) is 0 Å². The summed E-state index contributed by atoms with van der Waals surface area (Å²) in [5.74, 6) is 0. The van der Waals surface area contributed by atoms with E-state index >= 15 is 0 Å². The smallest absolute Gasteiger partial charge is 0.127 e. The Morgan fingerprint density at radius 3 is 1.80 bits per heavy atom.